The Morgan fingerprint density at radius 1 is 1.00 bits per heavy atom. The third-order valence-electron chi connectivity index (χ3n) is 3.82. The van der Waals surface area contributed by atoms with Crippen molar-refractivity contribution in [2.45, 2.75) is 6.54 Å². The molecule has 0 spiro atoms. The molecule has 0 unspecified atom stereocenters. The van der Waals surface area contributed by atoms with E-state index in [1.807, 2.05) is 24.3 Å². The zero-order chi connectivity index (χ0) is 17.9. The van der Waals surface area contributed by atoms with Crippen LogP contribution in [0, 0.1) is 0 Å². The van der Waals surface area contributed by atoms with Crippen LogP contribution >= 0.6 is 0 Å². The third kappa shape index (κ3) is 2.95. The zero-order valence-corrected chi connectivity index (χ0v) is 13.6. The number of fused-ring (bicyclic) bond motifs is 1. The average molecular weight is 346 g/mol. The van der Waals surface area contributed by atoms with Crippen LogP contribution in [0.25, 0.3) is 16.7 Å². The lowest BCUT2D eigenvalue weighted by atomic mass is 10.3. The van der Waals surface area contributed by atoms with Crippen molar-refractivity contribution in [3.63, 3.8) is 0 Å². The quantitative estimate of drug-likeness (QED) is 0.580. The Hall–Kier alpha value is -3.81. The number of para-hydroxylation sites is 1. The van der Waals surface area contributed by atoms with E-state index in [0.717, 1.165) is 10.3 Å². The number of aromatic amines is 1. The van der Waals surface area contributed by atoms with E-state index < -0.39 is 11.2 Å². The molecule has 2 N–H and O–H groups in total. The monoisotopic (exact) mass is 346 g/mol. The van der Waals surface area contributed by atoms with Crippen LogP contribution in [0.5, 0.6) is 0 Å². The Labute approximate surface area is 147 Å². The first-order valence-corrected chi connectivity index (χ1v) is 7.94. The Morgan fingerprint density at radius 2 is 1.81 bits per heavy atom. The molecule has 4 aromatic rings. The normalized spacial score (nSPS) is 10.8. The maximum Gasteiger partial charge on any atom is 0.334 e. The molecule has 0 saturated heterocycles. The minimum absolute atomic E-state index is 0.186. The molecule has 8 heteroatoms. The molecule has 4 rings (SSSR count). The predicted molar refractivity (Wildman–Crippen MR) is 97.3 cm³/mol. The van der Waals surface area contributed by atoms with E-state index in [4.69, 9.17) is 0 Å². The Kier molecular flexibility index (Phi) is 3.98. The van der Waals surface area contributed by atoms with Gasteiger partial charge >= 0.3 is 5.69 Å². The van der Waals surface area contributed by atoms with Gasteiger partial charge in [-0.05, 0) is 24.3 Å². The molecule has 0 radical (unpaired) electrons. The summed E-state index contributed by atoms with van der Waals surface area (Å²) >= 11 is 0. The van der Waals surface area contributed by atoms with E-state index >= 15 is 0 Å². The lowest BCUT2D eigenvalue weighted by Gasteiger charge is -2.07. The predicted octanol–water partition coefficient (Wildman–Crippen LogP) is 1.48. The van der Waals surface area contributed by atoms with E-state index in [1.54, 1.807) is 30.5 Å². The maximum absolute atomic E-state index is 12.7. The summed E-state index contributed by atoms with van der Waals surface area (Å²) in [6.07, 6.45) is 3.10. The van der Waals surface area contributed by atoms with Crippen LogP contribution in [0.15, 0.2) is 70.5 Å². The molecule has 3 heterocycles. The van der Waals surface area contributed by atoms with E-state index in [1.165, 1.54) is 6.20 Å². The molecule has 0 fully saturated rings. The summed E-state index contributed by atoms with van der Waals surface area (Å²) in [6, 6.07) is 14.3. The van der Waals surface area contributed by atoms with Crippen LogP contribution in [0.2, 0.25) is 0 Å². The summed E-state index contributed by atoms with van der Waals surface area (Å²) in [6.45, 7) is 0.428. The number of hydrogen-bond donors (Lipinski definition) is 2. The fourth-order valence-electron chi connectivity index (χ4n) is 2.57. The van der Waals surface area contributed by atoms with Crippen molar-refractivity contribution in [3.8, 4) is 5.69 Å². The fraction of sp³-hybridized carbons (Fsp3) is 0.0556. The number of rotatable bonds is 4. The van der Waals surface area contributed by atoms with Crippen molar-refractivity contribution in [1.82, 2.24) is 24.5 Å². The second kappa shape index (κ2) is 6.60. The smallest absolute Gasteiger partial charge is 0.334 e. The molecule has 0 aliphatic heterocycles. The zero-order valence-electron chi connectivity index (χ0n) is 13.6. The first-order valence-electron chi connectivity index (χ1n) is 7.94. The summed E-state index contributed by atoms with van der Waals surface area (Å²) < 4.78 is 1.06. The molecular weight excluding hydrogens is 332 g/mol. The summed E-state index contributed by atoms with van der Waals surface area (Å²) in [5.41, 5.74) is 0.474. The number of hydrogen-bond acceptors (Lipinski definition) is 6. The summed E-state index contributed by atoms with van der Waals surface area (Å²) in [7, 11) is 0. The highest BCUT2D eigenvalue weighted by Gasteiger charge is 2.11. The van der Waals surface area contributed by atoms with Gasteiger partial charge in [-0.3, -0.25) is 14.8 Å². The van der Waals surface area contributed by atoms with Crippen molar-refractivity contribution in [2.75, 3.05) is 5.32 Å². The van der Waals surface area contributed by atoms with Crippen LogP contribution in [-0.4, -0.2) is 24.5 Å². The van der Waals surface area contributed by atoms with Gasteiger partial charge in [0, 0.05) is 12.4 Å². The summed E-state index contributed by atoms with van der Waals surface area (Å²) in [5.74, 6) is 0.302. The van der Waals surface area contributed by atoms with Crippen LogP contribution in [0.1, 0.15) is 5.69 Å². The number of pyridine rings is 1. The van der Waals surface area contributed by atoms with Crippen LogP contribution < -0.4 is 16.6 Å². The van der Waals surface area contributed by atoms with Crippen molar-refractivity contribution in [2.24, 2.45) is 0 Å². The number of nitrogens with zero attached hydrogens (tertiary/aromatic N) is 4. The van der Waals surface area contributed by atoms with Crippen LogP contribution in [0.3, 0.4) is 0 Å². The molecule has 0 bridgehead atoms. The molecular formula is C18H14N6O2. The summed E-state index contributed by atoms with van der Waals surface area (Å²) in [4.78, 5) is 40.3. The van der Waals surface area contributed by atoms with Crippen LogP contribution in [0.4, 0.5) is 5.95 Å². The van der Waals surface area contributed by atoms with Gasteiger partial charge in [0.15, 0.2) is 5.65 Å². The maximum atomic E-state index is 12.7. The lowest BCUT2D eigenvalue weighted by Crippen LogP contribution is -2.34. The van der Waals surface area contributed by atoms with Crippen molar-refractivity contribution in [1.29, 1.82) is 0 Å². The van der Waals surface area contributed by atoms with Gasteiger partial charge in [-0.15, -0.1) is 0 Å². The molecule has 0 saturated carbocycles. The average Bonchev–Trinajstić information content (AvgIpc) is 2.68. The van der Waals surface area contributed by atoms with Gasteiger partial charge in [-0.25, -0.2) is 14.3 Å². The van der Waals surface area contributed by atoms with Crippen molar-refractivity contribution in [3.05, 3.63) is 87.5 Å². The van der Waals surface area contributed by atoms with E-state index in [0.29, 0.717) is 18.2 Å². The molecule has 0 atom stereocenters. The van der Waals surface area contributed by atoms with Gasteiger partial charge in [0.05, 0.1) is 17.9 Å². The Bertz CT molecular complexity index is 1170. The third-order valence-corrected chi connectivity index (χ3v) is 3.82. The number of benzene rings is 1. The molecule has 3 aromatic heterocycles. The van der Waals surface area contributed by atoms with Crippen LogP contribution in [-0.2, 0) is 6.54 Å². The molecule has 8 nitrogen and oxygen atoms in total. The van der Waals surface area contributed by atoms with E-state index in [9.17, 15) is 9.59 Å². The van der Waals surface area contributed by atoms with Gasteiger partial charge in [0.1, 0.15) is 5.39 Å². The number of aromatic nitrogens is 5. The Morgan fingerprint density at radius 3 is 2.58 bits per heavy atom. The number of H-pyrrole nitrogens is 1. The first-order chi connectivity index (χ1) is 12.7. The van der Waals surface area contributed by atoms with Gasteiger partial charge in [0.25, 0.3) is 5.56 Å². The molecule has 1 aromatic carbocycles. The highest BCUT2D eigenvalue weighted by Crippen LogP contribution is 2.08. The number of nitrogens with one attached hydrogen (secondary N) is 2. The van der Waals surface area contributed by atoms with E-state index in [-0.39, 0.29) is 11.0 Å². The fourth-order valence-corrected chi connectivity index (χ4v) is 2.57. The Balaban J connectivity index is 1.72. The second-order valence-electron chi connectivity index (χ2n) is 5.54. The minimum Gasteiger partial charge on any atom is -0.349 e. The van der Waals surface area contributed by atoms with Gasteiger partial charge in [-0.2, -0.15) is 4.98 Å². The van der Waals surface area contributed by atoms with Gasteiger partial charge in [0.2, 0.25) is 5.95 Å². The van der Waals surface area contributed by atoms with E-state index in [2.05, 4.69) is 25.3 Å². The van der Waals surface area contributed by atoms with Crippen molar-refractivity contribution < 1.29 is 0 Å². The topological polar surface area (TPSA) is 106 Å². The SMILES string of the molecule is O=c1[nH]c2nc(NCc3ccccn3)ncc2c(=O)n1-c1ccccc1. The largest absolute Gasteiger partial charge is 0.349 e. The molecule has 26 heavy (non-hydrogen) atoms. The van der Waals surface area contributed by atoms with Gasteiger partial charge in [-0.1, -0.05) is 24.3 Å². The minimum atomic E-state index is -0.553. The molecule has 0 aliphatic carbocycles. The lowest BCUT2D eigenvalue weighted by molar-refractivity contribution is 0.890. The summed E-state index contributed by atoms with van der Waals surface area (Å²) in [5, 5.41) is 3.26. The molecule has 128 valence electrons. The first kappa shape index (κ1) is 15.7. The van der Waals surface area contributed by atoms with Gasteiger partial charge < -0.3 is 5.32 Å². The highest BCUT2D eigenvalue weighted by molar-refractivity contribution is 5.73. The van der Waals surface area contributed by atoms with Crippen molar-refractivity contribution >= 4 is 17.0 Å². The highest BCUT2D eigenvalue weighted by atomic mass is 16.2. The number of anilines is 1. The molecule has 0 aliphatic rings. The molecule has 0 amide bonds. The standard InChI is InChI=1S/C18H14N6O2/c25-16-14-11-21-17(20-10-12-6-4-5-9-19-12)22-15(14)23-18(26)24(16)13-7-2-1-3-8-13/h1-9,11H,10H2,(H2,20,21,22,23,26). The second-order valence-corrected chi connectivity index (χ2v) is 5.54.